The number of methoxy groups -OCH3 is 1. The van der Waals surface area contributed by atoms with E-state index in [1.54, 1.807) is 7.11 Å². The zero-order valence-electron chi connectivity index (χ0n) is 17.4. The van der Waals surface area contributed by atoms with E-state index in [9.17, 15) is 0 Å². The van der Waals surface area contributed by atoms with Crippen LogP contribution in [0.2, 0.25) is 0 Å². The maximum Gasteiger partial charge on any atom is 0.257 e. The summed E-state index contributed by atoms with van der Waals surface area (Å²) >= 11 is 0. The third-order valence-corrected chi connectivity index (χ3v) is 4.26. The molecule has 0 unspecified atom stereocenters. The number of aryl methyl sites for hydroxylation is 1. The molecule has 0 radical (unpaired) electrons. The van der Waals surface area contributed by atoms with Crippen molar-refractivity contribution in [2.45, 2.75) is 59.7 Å². The van der Waals surface area contributed by atoms with Crippen molar-refractivity contribution in [3.05, 3.63) is 23.9 Å². The van der Waals surface area contributed by atoms with Crippen molar-refractivity contribution in [3.8, 4) is 28.6 Å². The van der Waals surface area contributed by atoms with Gasteiger partial charge in [-0.3, -0.25) is 0 Å². The number of nitrogens with one attached hydrogen (secondary N) is 1. The molecule has 0 aliphatic rings. The van der Waals surface area contributed by atoms with Gasteiger partial charge in [0.25, 0.3) is 5.88 Å². The van der Waals surface area contributed by atoms with Gasteiger partial charge in [0.05, 0.1) is 24.6 Å². The summed E-state index contributed by atoms with van der Waals surface area (Å²) in [5.74, 6) is 2.61. The Balaban J connectivity index is 2.46. The molecular weight excluding hydrogens is 342 g/mol. The fourth-order valence-electron chi connectivity index (χ4n) is 2.82. The van der Waals surface area contributed by atoms with Crippen LogP contribution in [0.5, 0.6) is 17.4 Å². The predicted octanol–water partition coefficient (Wildman–Crippen LogP) is 4.86. The maximum absolute atomic E-state index is 6.04. The number of hydrogen-bond donors (Lipinski definition) is 1. The average molecular weight is 373 g/mol. The van der Waals surface area contributed by atoms with Crippen LogP contribution >= 0.6 is 0 Å². The minimum Gasteiger partial charge on any atom is -0.496 e. The Morgan fingerprint density at radius 3 is 2.33 bits per heavy atom. The van der Waals surface area contributed by atoms with Crippen LogP contribution in [0.25, 0.3) is 11.3 Å². The molecule has 148 valence electrons. The Hall–Kier alpha value is -2.50. The molecule has 2 rings (SSSR count). The smallest absolute Gasteiger partial charge is 0.257 e. The largest absolute Gasteiger partial charge is 0.496 e. The molecule has 0 saturated carbocycles. The van der Waals surface area contributed by atoms with Gasteiger partial charge < -0.3 is 19.5 Å². The van der Waals surface area contributed by atoms with Crippen molar-refractivity contribution in [2.75, 3.05) is 19.5 Å². The second-order valence-corrected chi connectivity index (χ2v) is 6.65. The molecule has 0 atom stereocenters. The number of anilines is 1. The van der Waals surface area contributed by atoms with Crippen molar-refractivity contribution >= 4 is 5.82 Å². The molecule has 1 heterocycles. The van der Waals surface area contributed by atoms with E-state index >= 15 is 0 Å². The lowest BCUT2D eigenvalue weighted by Gasteiger charge is -2.19. The van der Waals surface area contributed by atoms with E-state index in [0.29, 0.717) is 17.4 Å². The van der Waals surface area contributed by atoms with E-state index in [4.69, 9.17) is 19.2 Å². The van der Waals surface area contributed by atoms with Gasteiger partial charge in [-0.1, -0.05) is 13.8 Å². The minimum absolute atomic E-state index is 0.0967. The van der Waals surface area contributed by atoms with Gasteiger partial charge in [-0.05, 0) is 45.7 Å². The summed E-state index contributed by atoms with van der Waals surface area (Å²) in [7, 11) is 3.46. The van der Waals surface area contributed by atoms with Crippen molar-refractivity contribution < 1.29 is 14.2 Å². The molecule has 1 aromatic heterocycles. The monoisotopic (exact) mass is 373 g/mol. The second-order valence-electron chi connectivity index (χ2n) is 6.65. The first-order valence-corrected chi connectivity index (χ1v) is 9.51. The van der Waals surface area contributed by atoms with Crippen LogP contribution in [0.3, 0.4) is 0 Å². The van der Waals surface area contributed by atoms with Gasteiger partial charge in [0, 0.05) is 18.7 Å². The van der Waals surface area contributed by atoms with Crippen molar-refractivity contribution in [1.29, 1.82) is 0 Å². The minimum atomic E-state index is 0.0967. The average Bonchev–Trinajstić information content (AvgIpc) is 2.65. The summed E-state index contributed by atoms with van der Waals surface area (Å²) in [5.41, 5.74) is 2.40. The molecule has 0 aliphatic heterocycles. The first-order chi connectivity index (χ1) is 12.9. The van der Waals surface area contributed by atoms with Gasteiger partial charge in [-0.15, -0.1) is 0 Å². The van der Waals surface area contributed by atoms with E-state index in [0.717, 1.165) is 35.5 Å². The van der Waals surface area contributed by atoms with Gasteiger partial charge >= 0.3 is 0 Å². The normalized spacial score (nSPS) is 11.0. The molecule has 6 heteroatoms. The number of aromatic nitrogens is 2. The van der Waals surface area contributed by atoms with Gasteiger partial charge in [-0.2, -0.15) is 0 Å². The second kappa shape index (κ2) is 9.44. The predicted molar refractivity (Wildman–Crippen MR) is 109 cm³/mol. The molecular formula is C21H31N3O3. The first kappa shape index (κ1) is 20.8. The third kappa shape index (κ3) is 5.02. The highest BCUT2D eigenvalue weighted by Gasteiger charge is 2.18. The number of benzene rings is 1. The van der Waals surface area contributed by atoms with E-state index in [2.05, 4.69) is 24.1 Å². The van der Waals surface area contributed by atoms with E-state index in [-0.39, 0.29) is 12.2 Å². The van der Waals surface area contributed by atoms with E-state index in [1.807, 2.05) is 46.0 Å². The van der Waals surface area contributed by atoms with Crippen LogP contribution in [-0.4, -0.2) is 36.3 Å². The Labute approximate surface area is 162 Å². The summed E-state index contributed by atoms with van der Waals surface area (Å²) in [6.45, 7) is 10.1. The Bertz CT molecular complexity index is 759. The fraction of sp³-hybridized carbons (Fsp3) is 0.524. The van der Waals surface area contributed by atoms with Crippen LogP contribution in [0.15, 0.2) is 18.2 Å². The highest BCUT2D eigenvalue weighted by atomic mass is 16.5. The summed E-state index contributed by atoms with van der Waals surface area (Å²) in [6.07, 6.45) is 2.07. The van der Waals surface area contributed by atoms with E-state index < -0.39 is 0 Å². The number of rotatable bonds is 9. The number of hydrogen-bond acceptors (Lipinski definition) is 6. The number of ether oxygens (including phenoxy) is 3. The third-order valence-electron chi connectivity index (χ3n) is 4.26. The lowest BCUT2D eigenvalue weighted by Crippen LogP contribution is -2.16. The van der Waals surface area contributed by atoms with Crippen LogP contribution in [0.4, 0.5) is 5.82 Å². The molecule has 1 N–H and O–H groups in total. The molecule has 1 aromatic carbocycles. The Kier molecular flexibility index (Phi) is 7.28. The summed E-state index contributed by atoms with van der Waals surface area (Å²) in [6, 6.07) is 5.76. The quantitative estimate of drug-likeness (QED) is 0.677. The molecule has 0 saturated heterocycles. The summed E-state index contributed by atoms with van der Waals surface area (Å²) in [4.78, 5) is 9.43. The topological polar surface area (TPSA) is 65.5 Å². The number of nitrogens with zero attached hydrogens (tertiary/aromatic N) is 2. The molecule has 0 bridgehead atoms. The standard InChI is InChI=1S/C21H31N3O3/c1-8-15(9-2)27-21-20(22-6)24-19(14(5)23-21)17-11-10-16(26-13(3)4)12-18(17)25-7/h10-13,15H,8-9H2,1-7H3,(H,22,24). The van der Waals surface area contributed by atoms with Crippen molar-refractivity contribution in [3.63, 3.8) is 0 Å². The Morgan fingerprint density at radius 2 is 1.78 bits per heavy atom. The van der Waals surface area contributed by atoms with Crippen LogP contribution < -0.4 is 19.5 Å². The lowest BCUT2D eigenvalue weighted by atomic mass is 10.1. The molecule has 0 spiro atoms. The first-order valence-electron chi connectivity index (χ1n) is 9.51. The van der Waals surface area contributed by atoms with Crippen molar-refractivity contribution in [1.82, 2.24) is 9.97 Å². The van der Waals surface area contributed by atoms with Crippen LogP contribution in [0, 0.1) is 6.92 Å². The highest BCUT2D eigenvalue weighted by molar-refractivity contribution is 5.72. The van der Waals surface area contributed by atoms with Gasteiger partial charge in [0.15, 0.2) is 5.82 Å². The lowest BCUT2D eigenvalue weighted by molar-refractivity contribution is 0.185. The molecule has 0 aliphatic carbocycles. The SMILES string of the molecule is CCC(CC)Oc1nc(C)c(-c2ccc(OC(C)C)cc2OC)nc1NC. The van der Waals surface area contributed by atoms with Gasteiger partial charge in [-0.25, -0.2) is 9.97 Å². The molecule has 0 amide bonds. The Morgan fingerprint density at radius 1 is 1.07 bits per heavy atom. The van der Waals surface area contributed by atoms with Gasteiger partial charge in [0.2, 0.25) is 0 Å². The van der Waals surface area contributed by atoms with Gasteiger partial charge in [0.1, 0.15) is 17.6 Å². The van der Waals surface area contributed by atoms with Crippen LogP contribution in [0.1, 0.15) is 46.2 Å². The fourth-order valence-corrected chi connectivity index (χ4v) is 2.82. The zero-order chi connectivity index (χ0) is 20.0. The summed E-state index contributed by atoms with van der Waals surface area (Å²) < 4.78 is 17.4. The zero-order valence-corrected chi connectivity index (χ0v) is 17.4. The molecule has 0 fully saturated rings. The molecule has 2 aromatic rings. The molecule has 6 nitrogen and oxygen atoms in total. The maximum atomic E-state index is 6.04. The van der Waals surface area contributed by atoms with Crippen molar-refractivity contribution in [2.24, 2.45) is 0 Å². The van der Waals surface area contributed by atoms with E-state index in [1.165, 1.54) is 0 Å². The van der Waals surface area contributed by atoms with Crippen LogP contribution in [-0.2, 0) is 0 Å². The highest BCUT2D eigenvalue weighted by Crippen LogP contribution is 2.36. The molecule has 27 heavy (non-hydrogen) atoms. The summed E-state index contributed by atoms with van der Waals surface area (Å²) in [5, 5.41) is 3.10.